The predicted octanol–water partition coefficient (Wildman–Crippen LogP) is 7.34. The molecule has 5 aromatic carbocycles. The summed E-state index contributed by atoms with van der Waals surface area (Å²) in [6.45, 7) is 0. The number of nitrogens with zero attached hydrogens (tertiary/aromatic N) is 1. The number of aliphatic hydroxyl groups excluding tert-OH is 1. The third-order valence-electron chi connectivity index (χ3n) is 8.00. The Morgan fingerprint density at radius 1 is 0.721 bits per heavy atom. The Bertz CT molecular complexity index is 1840. The van der Waals surface area contributed by atoms with Gasteiger partial charge in [-0.15, -0.1) is 0 Å². The molecular formula is C35H30FNO5S. The third-order valence-corrected chi connectivity index (χ3v) is 10.2. The average molecular weight is 596 g/mol. The molecule has 6 nitrogen and oxygen atoms in total. The molecule has 0 unspecified atom stereocenters. The van der Waals surface area contributed by atoms with Crippen LogP contribution in [0.15, 0.2) is 121 Å². The number of hydrogen-bond donors (Lipinski definition) is 3. The van der Waals surface area contributed by atoms with E-state index in [1.807, 2.05) is 48.5 Å². The molecule has 1 fully saturated rings. The lowest BCUT2D eigenvalue weighted by Gasteiger charge is -2.48. The number of phenolic OH excluding ortho intramolecular Hbond substituents is 2. The lowest BCUT2D eigenvalue weighted by molar-refractivity contribution is 0.162. The molecule has 0 saturated carbocycles. The van der Waals surface area contributed by atoms with Gasteiger partial charge in [0.15, 0.2) is 0 Å². The molecule has 1 aliphatic heterocycles. The fourth-order valence-electron chi connectivity index (χ4n) is 5.76. The molecule has 3 atom stereocenters. The van der Waals surface area contributed by atoms with Crippen LogP contribution < -0.4 is 4.31 Å². The highest BCUT2D eigenvalue weighted by molar-refractivity contribution is 7.95. The summed E-state index contributed by atoms with van der Waals surface area (Å²) >= 11 is 0. The van der Waals surface area contributed by atoms with Crippen LogP contribution in [-0.2, 0) is 10.0 Å². The zero-order chi connectivity index (χ0) is 30.1. The zero-order valence-corrected chi connectivity index (χ0v) is 23.9. The molecule has 0 radical (unpaired) electrons. The summed E-state index contributed by atoms with van der Waals surface area (Å²) in [5.74, 6) is -0.400. The van der Waals surface area contributed by atoms with Gasteiger partial charge in [0.05, 0.1) is 17.8 Å². The number of hydrogen-bond acceptors (Lipinski definition) is 5. The van der Waals surface area contributed by atoms with Crippen LogP contribution in [0.4, 0.5) is 10.1 Å². The number of sulfonamides is 1. The standard InChI is InChI=1S/C35H30FNO5S/c36-28-14-9-25(10-15-28)32(39)19-20-34-35(31-18-13-27(22-33(31)40)26-7-4-8-30(38)21-26)37(43(34,41)42)29-16-11-24(12-17-29)23-5-2-1-3-6-23/h1-18,21-22,32,34-35,38-40H,19-20H2/t32-,34-,35-/m1/s1. The summed E-state index contributed by atoms with van der Waals surface area (Å²) < 4.78 is 42.3. The minimum Gasteiger partial charge on any atom is -0.508 e. The van der Waals surface area contributed by atoms with Gasteiger partial charge >= 0.3 is 0 Å². The second kappa shape index (κ2) is 11.6. The van der Waals surface area contributed by atoms with Gasteiger partial charge in [0.1, 0.15) is 22.6 Å². The van der Waals surface area contributed by atoms with Crippen molar-refractivity contribution in [2.45, 2.75) is 30.2 Å². The fourth-order valence-corrected chi connectivity index (χ4v) is 7.88. The Morgan fingerprint density at radius 2 is 1.35 bits per heavy atom. The van der Waals surface area contributed by atoms with Crippen molar-refractivity contribution in [3.63, 3.8) is 0 Å². The van der Waals surface area contributed by atoms with E-state index < -0.39 is 33.2 Å². The van der Waals surface area contributed by atoms with Crippen LogP contribution in [0.3, 0.4) is 0 Å². The summed E-state index contributed by atoms with van der Waals surface area (Å²) in [5.41, 5.74) is 4.72. The molecule has 3 N–H and O–H groups in total. The molecule has 218 valence electrons. The topological polar surface area (TPSA) is 98.1 Å². The first kappa shape index (κ1) is 28.5. The third kappa shape index (κ3) is 5.59. The highest BCUT2D eigenvalue weighted by Crippen LogP contribution is 2.50. The van der Waals surface area contributed by atoms with Gasteiger partial charge in [-0.25, -0.2) is 12.8 Å². The number of benzene rings is 5. The van der Waals surface area contributed by atoms with Gasteiger partial charge in [-0.3, -0.25) is 4.31 Å². The first-order valence-corrected chi connectivity index (χ1v) is 15.5. The molecule has 43 heavy (non-hydrogen) atoms. The van der Waals surface area contributed by atoms with E-state index in [1.165, 1.54) is 28.6 Å². The van der Waals surface area contributed by atoms with Crippen LogP contribution in [0.2, 0.25) is 0 Å². The Morgan fingerprint density at radius 3 is 2.02 bits per heavy atom. The van der Waals surface area contributed by atoms with Crippen molar-refractivity contribution in [1.29, 1.82) is 0 Å². The second-order valence-corrected chi connectivity index (χ2v) is 12.7. The summed E-state index contributed by atoms with van der Waals surface area (Å²) in [5, 5.41) is 31.0. The Hall–Kier alpha value is -4.66. The Balaban J connectivity index is 1.34. The highest BCUT2D eigenvalue weighted by atomic mass is 32.2. The molecule has 1 aliphatic rings. The molecule has 8 heteroatoms. The number of rotatable bonds is 8. The minimum absolute atomic E-state index is 0.0734. The van der Waals surface area contributed by atoms with E-state index in [2.05, 4.69) is 0 Å². The lowest BCUT2D eigenvalue weighted by atomic mass is 9.93. The molecule has 0 aliphatic carbocycles. The maximum Gasteiger partial charge on any atom is 0.241 e. The van der Waals surface area contributed by atoms with Crippen molar-refractivity contribution in [3.8, 4) is 33.8 Å². The molecule has 0 spiro atoms. The number of phenols is 2. The summed E-state index contributed by atoms with van der Waals surface area (Å²) in [4.78, 5) is 0. The quantitative estimate of drug-likeness (QED) is 0.174. The Kier molecular flexibility index (Phi) is 7.64. The van der Waals surface area contributed by atoms with E-state index in [1.54, 1.807) is 48.5 Å². The van der Waals surface area contributed by atoms with E-state index in [0.717, 1.165) is 11.1 Å². The molecule has 6 rings (SSSR count). The van der Waals surface area contributed by atoms with E-state index >= 15 is 0 Å². The van der Waals surface area contributed by atoms with Crippen LogP contribution >= 0.6 is 0 Å². The molecule has 0 bridgehead atoms. The molecule has 1 saturated heterocycles. The van der Waals surface area contributed by atoms with Gasteiger partial charge in [-0.1, -0.05) is 78.9 Å². The summed E-state index contributed by atoms with van der Waals surface area (Å²) in [7, 11) is -3.84. The van der Waals surface area contributed by atoms with Crippen molar-refractivity contribution in [3.05, 3.63) is 138 Å². The van der Waals surface area contributed by atoms with Crippen molar-refractivity contribution < 1.29 is 28.1 Å². The first-order chi connectivity index (χ1) is 20.7. The van der Waals surface area contributed by atoms with E-state index in [4.69, 9.17) is 0 Å². The normalized spacial score (nSPS) is 18.1. The summed E-state index contributed by atoms with van der Waals surface area (Å²) in [6, 6.07) is 33.5. The second-order valence-electron chi connectivity index (χ2n) is 10.7. The minimum atomic E-state index is -3.84. The number of halogens is 1. The number of aliphatic hydroxyl groups is 1. The van der Waals surface area contributed by atoms with Crippen molar-refractivity contribution in [2.24, 2.45) is 0 Å². The molecule has 0 amide bonds. The smallest absolute Gasteiger partial charge is 0.241 e. The van der Waals surface area contributed by atoms with E-state index in [0.29, 0.717) is 27.9 Å². The first-order valence-electron chi connectivity index (χ1n) is 14.0. The SMILES string of the molecule is O=S1(=O)[C@H](CC[C@@H](O)c2ccc(F)cc2)[C@@H](c2ccc(-c3cccc(O)c3)cc2O)N1c1ccc(-c2ccccc2)cc1. The monoisotopic (exact) mass is 595 g/mol. The molecule has 5 aromatic rings. The van der Waals surface area contributed by atoms with Crippen LogP contribution in [0, 0.1) is 5.82 Å². The number of aromatic hydroxyl groups is 2. The van der Waals surface area contributed by atoms with E-state index in [9.17, 15) is 28.1 Å². The van der Waals surface area contributed by atoms with Crippen LogP contribution in [0.1, 0.15) is 36.1 Å². The van der Waals surface area contributed by atoms with Crippen molar-refractivity contribution in [2.75, 3.05) is 4.31 Å². The highest BCUT2D eigenvalue weighted by Gasteiger charge is 2.55. The van der Waals surface area contributed by atoms with Crippen LogP contribution in [0.5, 0.6) is 11.5 Å². The van der Waals surface area contributed by atoms with Crippen LogP contribution in [0.25, 0.3) is 22.3 Å². The predicted molar refractivity (Wildman–Crippen MR) is 166 cm³/mol. The van der Waals surface area contributed by atoms with E-state index in [-0.39, 0.29) is 24.3 Å². The molecule has 1 heterocycles. The van der Waals surface area contributed by atoms with Gasteiger partial charge in [0, 0.05) is 5.56 Å². The largest absolute Gasteiger partial charge is 0.508 e. The van der Waals surface area contributed by atoms with Crippen LogP contribution in [-0.4, -0.2) is 29.0 Å². The summed E-state index contributed by atoms with van der Waals surface area (Å²) in [6.07, 6.45) is -0.718. The molecule has 0 aromatic heterocycles. The maximum absolute atomic E-state index is 13.8. The molecular weight excluding hydrogens is 565 g/mol. The van der Waals surface area contributed by atoms with Crippen molar-refractivity contribution in [1.82, 2.24) is 0 Å². The van der Waals surface area contributed by atoms with Gasteiger partial charge in [0.25, 0.3) is 0 Å². The fraction of sp³-hybridized carbons (Fsp3) is 0.143. The average Bonchev–Trinajstić information content (AvgIpc) is 3.01. The van der Waals surface area contributed by atoms with Gasteiger partial charge in [0.2, 0.25) is 10.0 Å². The van der Waals surface area contributed by atoms with Crippen molar-refractivity contribution >= 4 is 15.7 Å². The van der Waals surface area contributed by atoms with Gasteiger partial charge in [-0.2, -0.15) is 0 Å². The lowest BCUT2D eigenvalue weighted by Crippen LogP contribution is -2.58. The maximum atomic E-state index is 13.8. The number of anilines is 1. The Labute approximate surface area is 250 Å². The van der Waals surface area contributed by atoms with Gasteiger partial charge < -0.3 is 15.3 Å². The zero-order valence-electron chi connectivity index (χ0n) is 23.1. The van der Waals surface area contributed by atoms with Gasteiger partial charge in [-0.05, 0) is 83.1 Å².